The number of rotatable bonds is 2. The number of hydrogen-bond donors (Lipinski definition) is 2. The van der Waals surface area contributed by atoms with E-state index < -0.39 is 6.10 Å². The minimum absolute atomic E-state index is 0.139. The minimum atomic E-state index is -0.423. The summed E-state index contributed by atoms with van der Waals surface area (Å²) in [5, 5.41) is 13.1. The van der Waals surface area contributed by atoms with Gasteiger partial charge in [0.1, 0.15) is 6.61 Å². The Morgan fingerprint density at radius 3 is 3.00 bits per heavy atom. The maximum Gasteiger partial charge on any atom is 0.410 e. The molecule has 2 heterocycles. The monoisotopic (exact) mass is 290 g/mol. The van der Waals surface area contributed by atoms with Crippen LogP contribution in [0.25, 0.3) is 0 Å². The molecule has 2 atom stereocenters. The fraction of sp³-hybridized carbons (Fsp3) is 0.562. The van der Waals surface area contributed by atoms with Crippen LogP contribution < -0.4 is 5.32 Å². The number of carbonyl (C=O) groups excluding carboxylic acids is 1. The van der Waals surface area contributed by atoms with Gasteiger partial charge in [-0.05, 0) is 36.9 Å². The van der Waals surface area contributed by atoms with Gasteiger partial charge in [0, 0.05) is 13.1 Å². The number of carbonyl (C=O) groups is 1. The molecule has 0 aromatic heterocycles. The number of nitrogens with one attached hydrogen (secondary N) is 1. The molecular formula is C16H22N2O3. The van der Waals surface area contributed by atoms with E-state index in [4.69, 9.17) is 4.74 Å². The first-order valence-electron chi connectivity index (χ1n) is 7.64. The van der Waals surface area contributed by atoms with Crippen LogP contribution in [-0.2, 0) is 17.7 Å². The first-order valence-corrected chi connectivity index (χ1v) is 7.64. The molecule has 1 saturated heterocycles. The van der Waals surface area contributed by atoms with Crippen LogP contribution in [0.15, 0.2) is 24.3 Å². The second-order valence-electron chi connectivity index (χ2n) is 5.79. The number of aliphatic hydroxyl groups excluding tert-OH is 1. The SMILES string of the molecule is O=C(OC[C@H]1NCCCC1O)N1CCc2ccccc2C1. The molecule has 5 heteroatoms. The van der Waals surface area contributed by atoms with Gasteiger partial charge in [0.15, 0.2) is 0 Å². The predicted molar refractivity (Wildman–Crippen MR) is 78.9 cm³/mol. The molecule has 0 bridgehead atoms. The third-order valence-electron chi connectivity index (χ3n) is 4.32. The van der Waals surface area contributed by atoms with Crippen LogP contribution in [0.2, 0.25) is 0 Å². The topological polar surface area (TPSA) is 61.8 Å². The summed E-state index contributed by atoms with van der Waals surface area (Å²) in [4.78, 5) is 13.9. The molecule has 114 valence electrons. The Morgan fingerprint density at radius 2 is 2.19 bits per heavy atom. The molecule has 0 radical (unpaired) electrons. The van der Waals surface area contributed by atoms with E-state index in [1.165, 1.54) is 11.1 Å². The van der Waals surface area contributed by atoms with E-state index in [-0.39, 0.29) is 18.7 Å². The molecule has 1 amide bonds. The Hall–Kier alpha value is -1.59. The van der Waals surface area contributed by atoms with Gasteiger partial charge in [0.05, 0.1) is 12.1 Å². The maximum atomic E-state index is 12.2. The molecule has 2 N–H and O–H groups in total. The molecular weight excluding hydrogens is 268 g/mol. The standard InChI is InChI=1S/C16H22N2O3/c19-15-6-3-8-17-14(15)11-21-16(20)18-9-7-12-4-1-2-5-13(12)10-18/h1-2,4-5,14-15,17,19H,3,6-11H2/t14-,15?/m1/s1. The predicted octanol–water partition coefficient (Wildman–Crippen LogP) is 1.29. The Morgan fingerprint density at radius 1 is 1.38 bits per heavy atom. The second-order valence-corrected chi connectivity index (χ2v) is 5.79. The average molecular weight is 290 g/mol. The van der Waals surface area contributed by atoms with Crippen LogP contribution >= 0.6 is 0 Å². The van der Waals surface area contributed by atoms with Gasteiger partial charge < -0.3 is 20.1 Å². The van der Waals surface area contributed by atoms with Crippen molar-refractivity contribution in [1.29, 1.82) is 0 Å². The molecule has 0 aliphatic carbocycles. The molecule has 1 aromatic carbocycles. The van der Waals surface area contributed by atoms with Crippen molar-refractivity contribution in [1.82, 2.24) is 10.2 Å². The van der Waals surface area contributed by atoms with Gasteiger partial charge in [-0.25, -0.2) is 4.79 Å². The Bertz CT molecular complexity index is 506. The van der Waals surface area contributed by atoms with Crippen LogP contribution in [0.4, 0.5) is 4.79 Å². The number of nitrogens with zero attached hydrogens (tertiary/aromatic N) is 1. The van der Waals surface area contributed by atoms with Crippen molar-refractivity contribution in [3.05, 3.63) is 35.4 Å². The normalized spacial score (nSPS) is 25.3. The molecule has 2 aliphatic heterocycles. The first-order chi connectivity index (χ1) is 10.2. The number of amides is 1. The molecule has 2 aliphatic rings. The third-order valence-corrected chi connectivity index (χ3v) is 4.32. The van der Waals surface area contributed by atoms with Crippen molar-refractivity contribution < 1.29 is 14.6 Å². The molecule has 1 fully saturated rings. The number of ether oxygens (including phenoxy) is 1. The summed E-state index contributed by atoms with van der Waals surface area (Å²) in [6.07, 6.45) is 1.90. The van der Waals surface area contributed by atoms with Gasteiger partial charge in [-0.2, -0.15) is 0 Å². The van der Waals surface area contributed by atoms with Crippen LogP contribution in [0, 0.1) is 0 Å². The van der Waals surface area contributed by atoms with Crippen molar-refractivity contribution in [3.8, 4) is 0 Å². The lowest BCUT2D eigenvalue weighted by Gasteiger charge is -2.31. The number of benzene rings is 1. The summed E-state index contributed by atoms with van der Waals surface area (Å²) in [5.74, 6) is 0. The summed E-state index contributed by atoms with van der Waals surface area (Å²) in [5.41, 5.74) is 2.50. The Labute approximate surface area is 124 Å². The van der Waals surface area contributed by atoms with Gasteiger partial charge in [0.2, 0.25) is 0 Å². The lowest BCUT2D eigenvalue weighted by atomic mass is 10.0. The van der Waals surface area contributed by atoms with E-state index in [0.717, 1.165) is 25.8 Å². The first kappa shape index (κ1) is 14.4. The summed E-state index contributed by atoms with van der Waals surface area (Å²) >= 11 is 0. The van der Waals surface area contributed by atoms with Crippen molar-refractivity contribution in [2.75, 3.05) is 19.7 Å². The lowest BCUT2D eigenvalue weighted by molar-refractivity contribution is 0.0391. The largest absolute Gasteiger partial charge is 0.448 e. The van der Waals surface area contributed by atoms with E-state index in [0.29, 0.717) is 13.1 Å². The summed E-state index contributed by atoms with van der Waals surface area (Å²) < 4.78 is 5.37. The molecule has 0 saturated carbocycles. The van der Waals surface area contributed by atoms with E-state index in [2.05, 4.69) is 17.4 Å². The average Bonchev–Trinajstić information content (AvgIpc) is 2.53. The van der Waals surface area contributed by atoms with Crippen molar-refractivity contribution in [2.45, 2.75) is 38.0 Å². The summed E-state index contributed by atoms with van der Waals surface area (Å²) in [6.45, 7) is 2.40. The molecule has 21 heavy (non-hydrogen) atoms. The zero-order valence-corrected chi connectivity index (χ0v) is 12.1. The van der Waals surface area contributed by atoms with Gasteiger partial charge in [-0.3, -0.25) is 0 Å². The van der Waals surface area contributed by atoms with Crippen molar-refractivity contribution in [3.63, 3.8) is 0 Å². The minimum Gasteiger partial charge on any atom is -0.448 e. The van der Waals surface area contributed by atoms with Crippen LogP contribution in [0.1, 0.15) is 24.0 Å². The molecule has 3 rings (SSSR count). The van der Waals surface area contributed by atoms with Crippen LogP contribution in [-0.4, -0.2) is 47.9 Å². The van der Waals surface area contributed by atoms with E-state index in [1.54, 1.807) is 4.90 Å². The van der Waals surface area contributed by atoms with Crippen LogP contribution in [0.3, 0.4) is 0 Å². The smallest absolute Gasteiger partial charge is 0.410 e. The number of fused-ring (bicyclic) bond motifs is 1. The van der Waals surface area contributed by atoms with Gasteiger partial charge in [0.25, 0.3) is 0 Å². The number of aliphatic hydroxyl groups is 1. The highest BCUT2D eigenvalue weighted by Gasteiger charge is 2.26. The third kappa shape index (κ3) is 3.36. The molecule has 5 nitrogen and oxygen atoms in total. The summed E-state index contributed by atoms with van der Waals surface area (Å²) in [7, 11) is 0. The fourth-order valence-electron chi connectivity index (χ4n) is 3.01. The van der Waals surface area contributed by atoms with Crippen LogP contribution in [0.5, 0.6) is 0 Å². The molecule has 0 spiro atoms. The fourth-order valence-corrected chi connectivity index (χ4v) is 3.01. The maximum absolute atomic E-state index is 12.2. The number of hydrogen-bond acceptors (Lipinski definition) is 4. The van der Waals surface area contributed by atoms with E-state index in [1.807, 2.05) is 12.1 Å². The highest BCUT2D eigenvalue weighted by Crippen LogP contribution is 2.19. The number of piperidine rings is 1. The zero-order chi connectivity index (χ0) is 14.7. The lowest BCUT2D eigenvalue weighted by Crippen LogP contribution is -2.49. The highest BCUT2D eigenvalue weighted by atomic mass is 16.6. The Balaban J connectivity index is 1.52. The van der Waals surface area contributed by atoms with Crippen molar-refractivity contribution in [2.24, 2.45) is 0 Å². The van der Waals surface area contributed by atoms with Gasteiger partial charge in [-0.1, -0.05) is 24.3 Å². The van der Waals surface area contributed by atoms with E-state index in [9.17, 15) is 9.90 Å². The zero-order valence-electron chi connectivity index (χ0n) is 12.1. The highest BCUT2D eigenvalue weighted by molar-refractivity contribution is 5.68. The Kier molecular flexibility index (Phi) is 4.41. The molecule has 1 aromatic rings. The van der Waals surface area contributed by atoms with Crippen molar-refractivity contribution >= 4 is 6.09 Å². The van der Waals surface area contributed by atoms with E-state index >= 15 is 0 Å². The second kappa shape index (κ2) is 6.45. The van der Waals surface area contributed by atoms with Gasteiger partial charge in [-0.15, -0.1) is 0 Å². The summed E-state index contributed by atoms with van der Waals surface area (Å²) in [6, 6.07) is 8.06. The quantitative estimate of drug-likeness (QED) is 0.862. The van der Waals surface area contributed by atoms with Gasteiger partial charge >= 0.3 is 6.09 Å². The molecule has 1 unspecified atom stereocenters.